The van der Waals surface area contributed by atoms with Gasteiger partial charge in [-0.1, -0.05) is 45.0 Å². The topological polar surface area (TPSA) is 66.4 Å². The predicted molar refractivity (Wildman–Crippen MR) is 90.1 cm³/mol. The van der Waals surface area contributed by atoms with Gasteiger partial charge in [0.2, 0.25) is 5.91 Å². The first-order valence-corrected chi connectivity index (χ1v) is 8.37. The zero-order chi connectivity index (χ0) is 17.0. The number of hydrogen-bond acceptors (Lipinski definition) is 2. The fourth-order valence-corrected chi connectivity index (χ4v) is 3.06. The third kappa shape index (κ3) is 4.81. The van der Waals surface area contributed by atoms with Gasteiger partial charge in [0.1, 0.15) is 0 Å². The molecule has 0 bridgehead atoms. The molecular weight excluding hydrogens is 290 g/mol. The largest absolute Gasteiger partial charge is 0.481 e. The van der Waals surface area contributed by atoms with Gasteiger partial charge < -0.3 is 10.4 Å². The standard InChI is InChI=1S/C19H27NO3/c1-19(2,3)16-10-4-13(5-11-16)12-20-17(21)14-6-8-15(9-7-14)18(22)23/h4-5,10-11,14-15H,6-9,12H2,1-3H3,(H,20,21)(H,22,23). The maximum absolute atomic E-state index is 12.2. The van der Waals surface area contributed by atoms with Gasteiger partial charge in [-0.2, -0.15) is 0 Å². The number of nitrogens with one attached hydrogen (secondary N) is 1. The summed E-state index contributed by atoms with van der Waals surface area (Å²) in [4.78, 5) is 23.2. The molecule has 0 radical (unpaired) electrons. The molecule has 0 aliphatic heterocycles. The maximum atomic E-state index is 12.2. The molecule has 0 saturated heterocycles. The van der Waals surface area contributed by atoms with Crippen LogP contribution in [0.25, 0.3) is 0 Å². The van der Waals surface area contributed by atoms with E-state index in [1.165, 1.54) is 5.56 Å². The van der Waals surface area contributed by atoms with Crippen molar-refractivity contribution in [1.82, 2.24) is 5.32 Å². The molecule has 2 N–H and O–H groups in total. The Balaban J connectivity index is 1.82. The third-order valence-electron chi connectivity index (χ3n) is 4.73. The van der Waals surface area contributed by atoms with Crippen molar-refractivity contribution in [3.63, 3.8) is 0 Å². The van der Waals surface area contributed by atoms with Crippen LogP contribution in [-0.2, 0) is 21.5 Å². The first kappa shape index (κ1) is 17.5. The minimum atomic E-state index is -0.734. The molecule has 1 aliphatic carbocycles. The smallest absolute Gasteiger partial charge is 0.306 e. The molecule has 23 heavy (non-hydrogen) atoms. The van der Waals surface area contributed by atoms with Gasteiger partial charge in [0.05, 0.1) is 5.92 Å². The lowest BCUT2D eigenvalue weighted by Crippen LogP contribution is -2.34. The van der Waals surface area contributed by atoms with Crippen molar-refractivity contribution in [3.8, 4) is 0 Å². The van der Waals surface area contributed by atoms with Crippen molar-refractivity contribution < 1.29 is 14.7 Å². The van der Waals surface area contributed by atoms with Gasteiger partial charge in [-0.05, 0) is 42.2 Å². The fourth-order valence-electron chi connectivity index (χ4n) is 3.06. The van der Waals surface area contributed by atoms with Crippen molar-refractivity contribution in [3.05, 3.63) is 35.4 Å². The maximum Gasteiger partial charge on any atom is 0.306 e. The monoisotopic (exact) mass is 317 g/mol. The van der Waals surface area contributed by atoms with Crippen molar-refractivity contribution in [2.45, 2.75) is 58.4 Å². The molecule has 0 aromatic heterocycles. The van der Waals surface area contributed by atoms with Crippen LogP contribution in [0.3, 0.4) is 0 Å². The lowest BCUT2D eigenvalue weighted by atomic mass is 9.81. The Morgan fingerprint density at radius 2 is 1.57 bits per heavy atom. The third-order valence-corrected chi connectivity index (χ3v) is 4.73. The summed E-state index contributed by atoms with van der Waals surface area (Å²) >= 11 is 0. The molecule has 1 aromatic rings. The molecule has 1 aromatic carbocycles. The number of carbonyl (C=O) groups excluding carboxylic acids is 1. The van der Waals surface area contributed by atoms with Gasteiger partial charge in [-0.25, -0.2) is 0 Å². The normalized spacial score (nSPS) is 21.7. The van der Waals surface area contributed by atoms with E-state index in [4.69, 9.17) is 5.11 Å². The van der Waals surface area contributed by atoms with E-state index in [2.05, 4.69) is 50.4 Å². The van der Waals surface area contributed by atoms with Gasteiger partial charge in [0.25, 0.3) is 0 Å². The molecular formula is C19H27NO3. The van der Waals surface area contributed by atoms with Gasteiger partial charge in [-0.15, -0.1) is 0 Å². The first-order chi connectivity index (χ1) is 10.8. The van der Waals surface area contributed by atoms with E-state index in [0.29, 0.717) is 32.2 Å². The number of benzene rings is 1. The van der Waals surface area contributed by atoms with Gasteiger partial charge in [0, 0.05) is 12.5 Å². The number of hydrogen-bond donors (Lipinski definition) is 2. The highest BCUT2D eigenvalue weighted by Crippen LogP contribution is 2.29. The van der Waals surface area contributed by atoms with Crippen LogP contribution in [0, 0.1) is 11.8 Å². The van der Waals surface area contributed by atoms with E-state index in [1.807, 2.05) is 0 Å². The van der Waals surface area contributed by atoms with Crippen LogP contribution in [-0.4, -0.2) is 17.0 Å². The Kier molecular flexibility index (Phi) is 5.45. The lowest BCUT2D eigenvalue weighted by Gasteiger charge is -2.25. The molecule has 1 amide bonds. The molecule has 4 nitrogen and oxygen atoms in total. The SMILES string of the molecule is CC(C)(C)c1ccc(CNC(=O)C2CCC(C(=O)O)CC2)cc1. The molecule has 0 atom stereocenters. The number of carboxylic acid groups (broad SMARTS) is 1. The van der Waals surface area contributed by atoms with Crippen LogP contribution in [0.4, 0.5) is 0 Å². The van der Waals surface area contributed by atoms with Crippen LogP contribution in [0.2, 0.25) is 0 Å². The summed E-state index contributed by atoms with van der Waals surface area (Å²) in [7, 11) is 0. The highest BCUT2D eigenvalue weighted by molar-refractivity contribution is 5.79. The van der Waals surface area contributed by atoms with E-state index in [9.17, 15) is 9.59 Å². The molecule has 0 heterocycles. The van der Waals surface area contributed by atoms with E-state index in [-0.39, 0.29) is 23.2 Å². The zero-order valence-corrected chi connectivity index (χ0v) is 14.3. The Bertz CT molecular complexity index is 549. The lowest BCUT2D eigenvalue weighted by molar-refractivity contribution is -0.144. The van der Waals surface area contributed by atoms with E-state index in [0.717, 1.165) is 5.56 Å². The summed E-state index contributed by atoms with van der Waals surface area (Å²) in [6.45, 7) is 7.06. The number of rotatable bonds is 4. The number of carbonyl (C=O) groups is 2. The van der Waals surface area contributed by atoms with Crippen LogP contribution in [0.15, 0.2) is 24.3 Å². The Morgan fingerprint density at radius 1 is 1.04 bits per heavy atom. The van der Waals surface area contributed by atoms with Gasteiger partial charge >= 0.3 is 5.97 Å². The second-order valence-corrected chi connectivity index (χ2v) is 7.55. The van der Waals surface area contributed by atoms with E-state index in [1.54, 1.807) is 0 Å². The van der Waals surface area contributed by atoms with Gasteiger partial charge in [-0.3, -0.25) is 9.59 Å². The first-order valence-electron chi connectivity index (χ1n) is 8.37. The molecule has 1 aliphatic rings. The summed E-state index contributed by atoms with van der Waals surface area (Å²) < 4.78 is 0. The Hall–Kier alpha value is -1.84. The predicted octanol–water partition coefficient (Wildman–Crippen LogP) is 3.49. The minimum absolute atomic E-state index is 0.0422. The highest BCUT2D eigenvalue weighted by atomic mass is 16.4. The summed E-state index contributed by atoms with van der Waals surface area (Å²) in [5, 5.41) is 12.0. The zero-order valence-electron chi connectivity index (χ0n) is 14.3. The van der Waals surface area contributed by atoms with Crippen molar-refractivity contribution >= 4 is 11.9 Å². The quantitative estimate of drug-likeness (QED) is 0.893. The molecule has 126 valence electrons. The molecule has 1 fully saturated rings. The van der Waals surface area contributed by atoms with Crippen LogP contribution < -0.4 is 5.32 Å². The van der Waals surface area contributed by atoms with Crippen LogP contribution in [0.1, 0.15) is 57.6 Å². The second kappa shape index (κ2) is 7.16. The van der Waals surface area contributed by atoms with Crippen molar-refractivity contribution in [1.29, 1.82) is 0 Å². The Labute approximate surface area is 138 Å². The second-order valence-electron chi connectivity index (χ2n) is 7.55. The average Bonchev–Trinajstić information content (AvgIpc) is 2.52. The molecule has 0 unspecified atom stereocenters. The number of carboxylic acids is 1. The fraction of sp³-hybridized carbons (Fsp3) is 0.579. The van der Waals surface area contributed by atoms with Crippen molar-refractivity contribution in [2.24, 2.45) is 11.8 Å². The molecule has 1 saturated carbocycles. The summed E-state index contributed by atoms with van der Waals surface area (Å²) in [6, 6.07) is 8.34. The number of aliphatic carboxylic acids is 1. The van der Waals surface area contributed by atoms with Crippen LogP contribution in [0.5, 0.6) is 0 Å². The summed E-state index contributed by atoms with van der Waals surface area (Å²) in [5.74, 6) is -1.00. The molecule has 0 spiro atoms. The summed E-state index contributed by atoms with van der Waals surface area (Å²) in [6.07, 6.45) is 2.55. The number of amides is 1. The van der Waals surface area contributed by atoms with Gasteiger partial charge in [0.15, 0.2) is 0 Å². The molecule has 4 heteroatoms. The van der Waals surface area contributed by atoms with E-state index >= 15 is 0 Å². The average molecular weight is 317 g/mol. The molecule has 2 rings (SSSR count). The minimum Gasteiger partial charge on any atom is -0.481 e. The van der Waals surface area contributed by atoms with E-state index < -0.39 is 5.97 Å². The van der Waals surface area contributed by atoms with Crippen LogP contribution >= 0.6 is 0 Å². The summed E-state index contributed by atoms with van der Waals surface area (Å²) in [5.41, 5.74) is 2.50. The Morgan fingerprint density at radius 3 is 2.04 bits per heavy atom. The van der Waals surface area contributed by atoms with Crippen molar-refractivity contribution in [2.75, 3.05) is 0 Å². The highest BCUT2D eigenvalue weighted by Gasteiger charge is 2.29.